The SMILES string of the molecule is CC(C)Cc1ccc(C(C(=O)O)N2CCOCC2)cc1. The van der Waals surface area contributed by atoms with Crippen molar-refractivity contribution in [2.24, 2.45) is 5.92 Å². The van der Waals surface area contributed by atoms with Crippen LogP contribution in [0.5, 0.6) is 0 Å². The average molecular weight is 277 g/mol. The van der Waals surface area contributed by atoms with Crippen molar-refractivity contribution in [1.29, 1.82) is 0 Å². The highest BCUT2D eigenvalue weighted by molar-refractivity contribution is 5.75. The first-order valence-electron chi connectivity index (χ1n) is 7.21. The van der Waals surface area contributed by atoms with Gasteiger partial charge in [-0.2, -0.15) is 0 Å². The molecule has 4 nitrogen and oxygen atoms in total. The highest BCUT2D eigenvalue weighted by atomic mass is 16.5. The number of carboxylic acid groups (broad SMARTS) is 1. The Morgan fingerprint density at radius 3 is 2.35 bits per heavy atom. The maximum Gasteiger partial charge on any atom is 0.325 e. The van der Waals surface area contributed by atoms with Crippen molar-refractivity contribution in [2.45, 2.75) is 26.3 Å². The number of carboxylic acids is 1. The average Bonchev–Trinajstić information content (AvgIpc) is 2.41. The first-order valence-corrected chi connectivity index (χ1v) is 7.21. The normalized spacial score (nSPS) is 18.1. The fraction of sp³-hybridized carbons (Fsp3) is 0.562. The van der Waals surface area contributed by atoms with Gasteiger partial charge in [-0.3, -0.25) is 9.69 Å². The number of hydrogen-bond acceptors (Lipinski definition) is 3. The molecule has 1 fully saturated rings. The minimum atomic E-state index is -0.788. The van der Waals surface area contributed by atoms with E-state index in [0.717, 1.165) is 12.0 Å². The zero-order chi connectivity index (χ0) is 14.5. The summed E-state index contributed by atoms with van der Waals surface area (Å²) in [5.74, 6) is -0.182. The lowest BCUT2D eigenvalue weighted by Gasteiger charge is -2.32. The Hall–Kier alpha value is -1.39. The van der Waals surface area contributed by atoms with Gasteiger partial charge in [0.1, 0.15) is 6.04 Å². The van der Waals surface area contributed by atoms with Gasteiger partial charge in [-0.05, 0) is 23.5 Å². The zero-order valence-electron chi connectivity index (χ0n) is 12.2. The third-order valence-electron chi connectivity index (χ3n) is 3.58. The molecule has 0 aromatic heterocycles. The van der Waals surface area contributed by atoms with Gasteiger partial charge in [0, 0.05) is 13.1 Å². The van der Waals surface area contributed by atoms with E-state index >= 15 is 0 Å². The molecule has 0 radical (unpaired) electrons. The monoisotopic (exact) mass is 277 g/mol. The zero-order valence-corrected chi connectivity index (χ0v) is 12.2. The Bertz CT molecular complexity index is 436. The first-order chi connectivity index (χ1) is 9.58. The summed E-state index contributed by atoms with van der Waals surface area (Å²) >= 11 is 0. The summed E-state index contributed by atoms with van der Waals surface area (Å²) < 4.78 is 5.29. The second-order valence-electron chi connectivity index (χ2n) is 5.73. The highest BCUT2D eigenvalue weighted by Gasteiger charge is 2.28. The molecule has 1 N–H and O–H groups in total. The van der Waals surface area contributed by atoms with Crippen molar-refractivity contribution < 1.29 is 14.6 Å². The fourth-order valence-corrected chi connectivity index (χ4v) is 2.65. The van der Waals surface area contributed by atoms with Gasteiger partial charge in [0.25, 0.3) is 0 Å². The van der Waals surface area contributed by atoms with Crippen LogP contribution < -0.4 is 0 Å². The molecule has 1 aromatic rings. The Morgan fingerprint density at radius 1 is 1.25 bits per heavy atom. The minimum absolute atomic E-state index is 0.563. The summed E-state index contributed by atoms with van der Waals surface area (Å²) in [6.07, 6.45) is 1.02. The summed E-state index contributed by atoms with van der Waals surface area (Å²) in [5.41, 5.74) is 2.11. The number of benzene rings is 1. The van der Waals surface area contributed by atoms with E-state index in [2.05, 4.69) is 13.8 Å². The fourth-order valence-electron chi connectivity index (χ4n) is 2.65. The Balaban J connectivity index is 2.14. The minimum Gasteiger partial charge on any atom is -0.480 e. The van der Waals surface area contributed by atoms with E-state index < -0.39 is 12.0 Å². The number of rotatable bonds is 5. The van der Waals surface area contributed by atoms with Crippen LogP contribution in [0.1, 0.15) is 31.0 Å². The lowest BCUT2D eigenvalue weighted by Crippen LogP contribution is -2.42. The van der Waals surface area contributed by atoms with Crippen molar-refractivity contribution in [3.05, 3.63) is 35.4 Å². The summed E-state index contributed by atoms with van der Waals surface area (Å²) in [6, 6.07) is 7.43. The largest absolute Gasteiger partial charge is 0.480 e. The Morgan fingerprint density at radius 2 is 1.85 bits per heavy atom. The van der Waals surface area contributed by atoms with Crippen LogP contribution in [0.25, 0.3) is 0 Å². The predicted octanol–water partition coefficient (Wildman–Crippen LogP) is 2.34. The maximum absolute atomic E-state index is 11.6. The van der Waals surface area contributed by atoms with Gasteiger partial charge in [-0.25, -0.2) is 0 Å². The number of nitrogens with zero attached hydrogens (tertiary/aromatic N) is 1. The lowest BCUT2D eigenvalue weighted by molar-refractivity contribution is -0.145. The Kier molecular flexibility index (Phi) is 5.15. The molecule has 1 saturated heterocycles. The molecule has 110 valence electrons. The van der Waals surface area contributed by atoms with E-state index in [9.17, 15) is 9.90 Å². The van der Waals surface area contributed by atoms with Crippen LogP contribution in [0, 0.1) is 5.92 Å². The standard InChI is InChI=1S/C16H23NO3/c1-12(2)11-13-3-5-14(6-4-13)15(16(18)19)17-7-9-20-10-8-17/h3-6,12,15H,7-11H2,1-2H3,(H,18,19). The summed E-state index contributed by atoms with van der Waals surface area (Å²) in [6.45, 7) is 6.92. The number of hydrogen-bond donors (Lipinski definition) is 1. The molecule has 1 atom stereocenters. The van der Waals surface area contributed by atoms with Gasteiger partial charge in [-0.15, -0.1) is 0 Å². The van der Waals surface area contributed by atoms with Crippen LogP contribution >= 0.6 is 0 Å². The second-order valence-corrected chi connectivity index (χ2v) is 5.73. The van der Waals surface area contributed by atoms with E-state index in [1.165, 1.54) is 5.56 Å². The quantitative estimate of drug-likeness (QED) is 0.897. The molecule has 1 heterocycles. The maximum atomic E-state index is 11.6. The predicted molar refractivity (Wildman–Crippen MR) is 77.8 cm³/mol. The van der Waals surface area contributed by atoms with Crippen molar-refractivity contribution in [2.75, 3.05) is 26.3 Å². The van der Waals surface area contributed by atoms with Crippen LogP contribution in [0.3, 0.4) is 0 Å². The van der Waals surface area contributed by atoms with Crippen molar-refractivity contribution >= 4 is 5.97 Å². The van der Waals surface area contributed by atoms with Gasteiger partial charge in [0.15, 0.2) is 0 Å². The lowest BCUT2D eigenvalue weighted by atomic mass is 9.98. The first kappa shape index (κ1) is 15.0. The van der Waals surface area contributed by atoms with Crippen molar-refractivity contribution in [3.8, 4) is 0 Å². The molecular formula is C16H23NO3. The van der Waals surface area contributed by atoms with Crippen LogP contribution in [0.15, 0.2) is 24.3 Å². The van der Waals surface area contributed by atoms with Crippen LogP contribution in [-0.2, 0) is 16.0 Å². The Labute approximate surface area is 120 Å². The molecule has 0 bridgehead atoms. The van der Waals surface area contributed by atoms with Gasteiger partial charge in [0.2, 0.25) is 0 Å². The number of ether oxygens (including phenoxy) is 1. The second kappa shape index (κ2) is 6.86. The molecule has 0 amide bonds. The van der Waals surface area contributed by atoms with E-state index in [4.69, 9.17) is 4.74 Å². The molecule has 0 aliphatic carbocycles. The van der Waals surface area contributed by atoms with E-state index in [1.54, 1.807) is 0 Å². The molecule has 1 aromatic carbocycles. The van der Waals surface area contributed by atoms with Crippen molar-refractivity contribution in [3.63, 3.8) is 0 Å². The molecular weight excluding hydrogens is 254 g/mol. The topological polar surface area (TPSA) is 49.8 Å². The molecule has 1 aliphatic rings. The summed E-state index contributed by atoms with van der Waals surface area (Å²) in [7, 11) is 0. The third kappa shape index (κ3) is 3.81. The molecule has 1 aliphatic heterocycles. The van der Waals surface area contributed by atoms with E-state index in [0.29, 0.717) is 32.2 Å². The molecule has 4 heteroatoms. The number of morpholine rings is 1. The van der Waals surface area contributed by atoms with E-state index in [-0.39, 0.29) is 0 Å². The van der Waals surface area contributed by atoms with Gasteiger partial charge >= 0.3 is 5.97 Å². The molecule has 0 saturated carbocycles. The summed E-state index contributed by atoms with van der Waals surface area (Å²) in [4.78, 5) is 13.6. The van der Waals surface area contributed by atoms with Crippen LogP contribution in [-0.4, -0.2) is 42.3 Å². The van der Waals surface area contributed by atoms with Crippen LogP contribution in [0.2, 0.25) is 0 Å². The highest BCUT2D eigenvalue weighted by Crippen LogP contribution is 2.23. The summed E-state index contributed by atoms with van der Waals surface area (Å²) in [5, 5.41) is 9.51. The molecule has 0 spiro atoms. The van der Waals surface area contributed by atoms with Crippen molar-refractivity contribution in [1.82, 2.24) is 4.90 Å². The smallest absolute Gasteiger partial charge is 0.325 e. The molecule has 20 heavy (non-hydrogen) atoms. The molecule has 2 rings (SSSR count). The number of aliphatic carboxylic acids is 1. The third-order valence-corrected chi connectivity index (χ3v) is 3.58. The number of carbonyl (C=O) groups is 1. The molecule has 1 unspecified atom stereocenters. The van der Waals surface area contributed by atoms with Gasteiger partial charge in [-0.1, -0.05) is 38.1 Å². The van der Waals surface area contributed by atoms with Crippen LogP contribution in [0.4, 0.5) is 0 Å². The van der Waals surface area contributed by atoms with Gasteiger partial charge < -0.3 is 9.84 Å². The van der Waals surface area contributed by atoms with E-state index in [1.807, 2.05) is 29.2 Å². The van der Waals surface area contributed by atoms with Gasteiger partial charge in [0.05, 0.1) is 13.2 Å².